The van der Waals surface area contributed by atoms with Crippen molar-refractivity contribution in [3.8, 4) is 0 Å². The fraction of sp³-hybridized carbons (Fsp3) is 1.00. The van der Waals surface area contributed by atoms with Gasteiger partial charge in [-0.05, 0) is 31.6 Å². The van der Waals surface area contributed by atoms with Gasteiger partial charge in [0, 0.05) is 6.04 Å². The maximum absolute atomic E-state index is 11.2. The van der Waals surface area contributed by atoms with Crippen LogP contribution >= 0.6 is 11.6 Å². The van der Waals surface area contributed by atoms with Gasteiger partial charge < -0.3 is 0 Å². The molecule has 0 spiro atoms. The van der Waals surface area contributed by atoms with Gasteiger partial charge in [0.1, 0.15) is 5.21 Å². The van der Waals surface area contributed by atoms with Crippen molar-refractivity contribution in [1.82, 2.24) is 4.72 Å². The van der Waals surface area contributed by atoms with Crippen molar-refractivity contribution in [2.75, 3.05) is 5.21 Å². The Morgan fingerprint density at radius 3 is 2.29 bits per heavy atom. The second kappa shape index (κ2) is 5.33. The minimum absolute atomic E-state index is 0.113. The molecule has 1 rings (SSSR count). The van der Waals surface area contributed by atoms with E-state index in [1.807, 2.05) is 0 Å². The van der Waals surface area contributed by atoms with Crippen molar-refractivity contribution in [2.45, 2.75) is 45.1 Å². The summed E-state index contributed by atoms with van der Waals surface area (Å²) < 4.78 is 25.0. The van der Waals surface area contributed by atoms with E-state index >= 15 is 0 Å². The van der Waals surface area contributed by atoms with Gasteiger partial charge in [-0.15, -0.1) is 11.6 Å². The minimum Gasteiger partial charge on any atom is -0.211 e. The van der Waals surface area contributed by atoms with Crippen LogP contribution in [0.15, 0.2) is 0 Å². The van der Waals surface area contributed by atoms with Crippen LogP contribution in [0, 0.1) is 5.92 Å². The standard InChI is InChI=1S/C9H18ClNO2S/c1-2-8-3-5-9(6-4-8)11-14(12,13)7-10/h8-9,11H,2-7H2,1H3. The third-order valence-corrected chi connectivity index (χ3v) is 4.76. The first-order valence-corrected chi connectivity index (χ1v) is 7.32. The lowest BCUT2D eigenvalue weighted by molar-refractivity contribution is 0.306. The number of halogens is 1. The second-order valence-corrected chi connectivity index (χ2v) is 6.31. The number of hydrogen-bond donors (Lipinski definition) is 1. The van der Waals surface area contributed by atoms with Crippen LogP contribution in [0.3, 0.4) is 0 Å². The maximum Gasteiger partial charge on any atom is 0.225 e. The molecule has 0 aromatic carbocycles. The fourth-order valence-corrected chi connectivity index (χ4v) is 2.97. The summed E-state index contributed by atoms with van der Waals surface area (Å²) in [6, 6.07) is 0.113. The average Bonchev–Trinajstić information content (AvgIpc) is 2.19. The molecule has 0 aromatic heterocycles. The van der Waals surface area contributed by atoms with E-state index in [4.69, 9.17) is 11.6 Å². The molecule has 0 saturated heterocycles. The zero-order valence-corrected chi connectivity index (χ0v) is 10.1. The van der Waals surface area contributed by atoms with Crippen LogP contribution in [-0.4, -0.2) is 19.7 Å². The highest BCUT2D eigenvalue weighted by molar-refractivity contribution is 7.90. The molecule has 0 aromatic rings. The predicted octanol–water partition coefficient (Wildman–Crippen LogP) is 2.07. The fourth-order valence-electron chi connectivity index (χ4n) is 1.97. The van der Waals surface area contributed by atoms with E-state index in [2.05, 4.69) is 11.6 Å². The Bertz CT molecular complexity index is 258. The van der Waals surface area contributed by atoms with Crippen LogP contribution in [0.4, 0.5) is 0 Å². The third kappa shape index (κ3) is 3.75. The minimum atomic E-state index is -3.23. The topological polar surface area (TPSA) is 46.2 Å². The largest absolute Gasteiger partial charge is 0.225 e. The van der Waals surface area contributed by atoms with Gasteiger partial charge in [-0.2, -0.15) is 0 Å². The monoisotopic (exact) mass is 239 g/mol. The summed E-state index contributed by atoms with van der Waals surface area (Å²) >= 11 is 5.32. The Kier molecular flexibility index (Phi) is 4.67. The highest BCUT2D eigenvalue weighted by atomic mass is 35.5. The molecule has 5 heteroatoms. The van der Waals surface area contributed by atoms with Crippen molar-refractivity contribution in [2.24, 2.45) is 5.92 Å². The molecule has 0 amide bonds. The molecule has 0 radical (unpaired) electrons. The molecule has 1 aliphatic rings. The molecule has 1 fully saturated rings. The Labute approximate surface area is 91.3 Å². The molecule has 0 bridgehead atoms. The number of alkyl halides is 1. The average molecular weight is 240 g/mol. The van der Waals surface area contributed by atoms with Crippen LogP contribution in [0.2, 0.25) is 0 Å². The molecule has 3 nitrogen and oxygen atoms in total. The van der Waals surface area contributed by atoms with E-state index in [1.165, 1.54) is 6.42 Å². The summed E-state index contributed by atoms with van der Waals surface area (Å²) in [7, 11) is -3.23. The summed E-state index contributed by atoms with van der Waals surface area (Å²) in [6.07, 6.45) is 5.37. The quantitative estimate of drug-likeness (QED) is 0.764. The summed E-state index contributed by atoms with van der Waals surface area (Å²) in [5.74, 6) is 0.784. The Morgan fingerprint density at radius 1 is 1.29 bits per heavy atom. The SMILES string of the molecule is CCC1CCC(NS(=O)(=O)CCl)CC1. The lowest BCUT2D eigenvalue weighted by Crippen LogP contribution is -2.37. The van der Waals surface area contributed by atoms with Gasteiger partial charge >= 0.3 is 0 Å². The molecule has 0 heterocycles. The van der Waals surface area contributed by atoms with Crippen LogP contribution in [0.5, 0.6) is 0 Å². The van der Waals surface area contributed by atoms with E-state index in [1.54, 1.807) is 0 Å². The number of nitrogens with one attached hydrogen (secondary N) is 1. The van der Waals surface area contributed by atoms with Crippen molar-refractivity contribution < 1.29 is 8.42 Å². The first-order valence-electron chi connectivity index (χ1n) is 5.13. The molecular weight excluding hydrogens is 222 g/mol. The van der Waals surface area contributed by atoms with E-state index in [0.717, 1.165) is 31.6 Å². The van der Waals surface area contributed by atoms with Gasteiger partial charge in [0.2, 0.25) is 10.0 Å². The van der Waals surface area contributed by atoms with Crippen molar-refractivity contribution in [3.63, 3.8) is 0 Å². The zero-order valence-electron chi connectivity index (χ0n) is 8.50. The maximum atomic E-state index is 11.2. The molecule has 0 atom stereocenters. The van der Waals surface area contributed by atoms with Gasteiger partial charge in [0.25, 0.3) is 0 Å². The summed E-state index contributed by atoms with van der Waals surface area (Å²) in [6.45, 7) is 2.19. The van der Waals surface area contributed by atoms with E-state index in [-0.39, 0.29) is 11.3 Å². The second-order valence-electron chi connectivity index (χ2n) is 3.97. The van der Waals surface area contributed by atoms with Crippen LogP contribution in [-0.2, 0) is 10.0 Å². The van der Waals surface area contributed by atoms with E-state index in [0.29, 0.717) is 0 Å². The van der Waals surface area contributed by atoms with Crippen LogP contribution < -0.4 is 4.72 Å². The van der Waals surface area contributed by atoms with Crippen LogP contribution in [0.25, 0.3) is 0 Å². The van der Waals surface area contributed by atoms with Crippen molar-refractivity contribution >= 4 is 21.6 Å². The van der Waals surface area contributed by atoms with Gasteiger partial charge in [-0.3, -0.25) is 0 Å². The molecule has 1 saturated carbocycles. The third-order valence-electron chi connectivity index (χ3n) is 2.91. The lowest BCUT2D eigenvalue weighted by atomic mass is 9.85. The van der Waals surface area contributed by atoms with E-state index in [9.17, 15) is 8.42 Å². The molecule has 14 heavy (non-hydrogen) atoms. The Balaban J connectivity index is 2.36. The molecule has 1 N–H and O–H groups in total. The summed E-state index contributed by atoms with van der Waals surface area (Å²) in [4.78, 5) is 0. The number of hydrogen-bond acceptors (Lipinski definition) is 2. The van der Waals surface area contributed by atoms with E-state index < -0.39 is 10.0 Å². The molecule has 0 unspecified atom stereocenters. The Morgan fingerprint density at radius 2 is 1.86 bits per heavy atom. The van der Waals surface area contributed by atoms with Crippen LogP contribution in [0.1, 0.15) is 39.0 Å². The van der Waals surface area contributed by atoms with Gasteiger partial charge in [-0.1, -0.05) is 13.3 Å². The summed E-state index contributed by atoms with van der Waals surface area (Å²) in [5.41, 5.74) is 0. The zero-order chi connectivity index (χ0) is 10.6. The van der Waals surface area contributed by atoms with Gasteiger partial charge in [-0.25, -0.2) is 13.1 Å². The van der Waals surface area contributed by atoms with Crippen molar-refractivity contribution in [3.05, 3.63) is 0 Å². The highest BCUT2D eigenvalue weighted by Gasteiger charge is 2.23. The molecule has 0 aliphatic heterocycles. The van der Waals surface area contributed by atoms with Gasteiger partial charge in [0.05, 0.1) is 0 Å². The summed E-state index contributed by atoms with van der Waals surface area (Å²) in [5, 5.41) is -0.333. The first-order chi connectivity index (χ1) is 6.57. The molecular formula is C9H18ClNO2S. The predicted molar refractivity (Wildman–Crippen MR) is 58.8 cm³/mol. The smallest absolute Gasteiger partial charge is 0.211 e. The number of rotatable bonds is 4. The number of sulfonamides is 1. The normalized spacial score (nSPS) is 29.0. The molecule has 84 valence electrons. The lowest BCUT2D eigenvalue weighted by Gasteiger charge is -2.27. The van der Waals surface area contributed by atoms with Gasteiger partial charge in [0.15, 0.2) is 0 Å². The Hall–Kier alpha value is 0.200. The molecule has 1 aliphatic carbocycles. The first kappa shape index (κ1) is 12.3. The van der Waals surface area contributed by atoms with Crippen molar-refractivity contribution in [1.29, 1.82) is 0 Å². The highest BCUT2D eigenvalue weighted by Crippen LogP contribution is 2.26.